The van der Waals surface area contributed by atoms with E-state index in [1.54, 1.807) is 24.1 Å². The van der Waals surface area contributed by atoms with Gasteiger partial charge in [0, 0.05) is 12.6 Å². The van der Waals surface area contributed by atoms with E-state index >= 15 is 0 Å². The highest BCUT2D eigenvalue weighted by molar-refractivity contribution is 7.13. The summed E-state index contributed by atoms with van der Waals surface area (Å²) in [7, 11) is 1.77. The zero-order valence-corrected chi connectivity index (χ0v) is 19.6. The molecule has 3 aromatic rings. The summed E-state index contributed by atoms with van der Waals surface area (Å²) in [4.78, 5) is 39.3. The predicted molar refractivity (Wildman–Crippen MR) is 123 cm³/mol. The van der Waals surface area contributed by atoms with E-state index in [1.165, 1.54) is 36.9 Å². The van der Waals surface area contributed by atoms with Gasteiger partial charge in [0.15, 0.2) is 5.65 Å². The summed E-state index contributed by atoms with van der Waals surface area (Å²) in [5.41, 5.74) is 0.842. The van der Waals surface area contributed by atoms with Crippen LogP contribution in [0, 0.1) is 17.8 Å². The lowest BCUT2D eigenvalue weighted by Crippen LogP contribution is -2.59. The number of thiazole rings is 1. The quantitative estimate of drug-likeness (QED) is 0.599. The lowest BCUT2D eigenvalue weighted by atomic mass is 9.53. The number of nitrogens with zero attached hydrogens (tertiary/aromatic N) is 5. The minimum atomic E-state index is -0.356. The molecule has 0 aromatic carbocycles. The second kappa shape index (κ2) is 7.58. The van der Waals surface area contributed by atoms with Gasteiger partial charge in [-0.15, -0.1) is 11.3 Å². The smallest absolute Gasteiger partial charge is 0.271 e. The first-order valence-corrected chi connectivity index (χ1v) is 12.4. The minimum Gasteiger partial charge on any atom is -0.346 e. The minimum absolute atomic E-state index is 0.0298. The Hall–Kier alpha value is -2.88. The summed E-state index contributed by atoms with van der Waals surface area (Å²) >= 11 is 1.34. The highest BCUT2D eigenvalue weighted by Gasteiger charge is 2.51. The van der Waals surface area contributed by atoms with Gasteiger partial charge in [-0.2, -0.15) is 5.10 Å². The van der Waals surface area contributed by atoms with Gasteiger partial charge in [-0.05, 0) is 63.2 Å². The van der Waals surface area contributed by atoms with Crippen LogP contribution in [0.25, 0.3) is 11.0 Å². The van der Waals surface area contributed by atoms with E-state index in [1.807, 2.05) is 6.92 Å². The van der Waals surface area contributed by atoms with Gasteiger partial charge in [-0.1, -0.05) is 0 Å². The molecule has 2 N–H and O–H groups in total. The Balaban J connectivity index is 1.14. The Morgan fingerprint density at radius 2 is 1.76 bits per heavy atom. The molecule has 0 saturated heterocycles. The molecule has 4 saturated carbocycles. The lowest BCUT2D eigenvalue weighted by Gasteiger charge is -2.56. The molecule has 0 aliphatic heterocycles. The summed E-state index contributed by atoms with van der Waals surface area (Å²) in [5, 5.41) is 11.8. The first-order valence-electron chi connectivity index (χ1n) is 11.6. The summed E-state index contributed by atoms with van der Waals surface area (Å²) in [6.45, 7) is 1.86. The van der Waals surface area contributed by atoms with Gasteiger partial charge >= 0.3 is 0 Å². The Labute approximate surface area is 195 Å². The van der Waals surface area contributed by atoms with Crippen molar-refractivity contribution < 1.29 is 9.59 Å². The van der Waals surface area contributed by atoms with E-state index in [9.17, 15) is 9.59 Å². The van der Waals surface area contributed by atoms with Crippen molar-refractivity contribution in [1.29, 1.82) is 0 Å². The molecule has 2 amide bonds. The fourth-order valence-electron chi connectivity index (χ4n) is 6.63. The van der Waals surface area contributed by atoms with Gasteiger partial charge in [0.05, 0.1) is 23.8 Å². The standard InChI is InChI=1S/C23H27N7O2S/c1-12(28-21(32)18-16-9-27-30(2)19(16)26-11-25-18)22-24-10-17(33-22)20(31)29-23-6-13-3-14(7-23)5-15(4-13)8-23/h9-15H,3-8H2,1-2H3,(H,28,32)(H,29,31). The number of carbonyl (C=O) groups is 2. The molecule has 0 spiro atoms. The molecular formula is C23H27N7O2S. The van der Waals surface area contributed by atoms with E-state index in [-0.39, 0.29) is 29.1 Å². The largest absolute Gasteiger partial charge is 0.346 e. The van der Waals surface area contributed by atoms with E-state index in [0.29, 0.717) is 20.9 Å². The van der Waals surface area contributed by atoms with E-state index in [2.05, 4.69) is 30.7 Å². The van der Waals surface area contributed by atoms with Crippen LogP contribution in [-0.2, 0) is 7.05 Å². The van der Waals surface area contributed by atoms with Crippen molar-refractivity contribution >= 4 is 34.2 Å². The monoisotopic (exact) mass is 465 g/mol. The van der Waals surface area contributed by atoms with Gasteiger partial charge < -0.3 is 10.6 Å². The number of rotatable bonds is 5. The number of hydrogen-bond donors (Lipinski definition) is 2. The predicted octanol–water partition coefficient (Wildman–Crippen LogP) is 3.01. The topological polar surface area (TPSA) is 115 Å². The van der Waals surface area contributed by atoms with Crippen molar-refractivity contribution in [2.45, 2.75) is 57.0 Å². The maximum atomic E-state index is 13.1. The highest BCUT2D eigenvalue weighted by Crippen LogP contribution is 2.55. The fourth-order valence-corrected chi connectivity index (χ4v) is 7.44. The first kappa shape index (κ1) is 20.7. The lowest BCUT2D eigenvalue weighted by molar-refractivity contribution is -0.0166. The van der Waals surface area contributed by atoms with Crippen LogP contribution in [0.4, 0.5) is 0 Å². The van der Waals surface area contributed by atoms with E-state index in [0.717, 1.165) is 37.0 Å². The van der Waals surface area contributed by atoms with Crippen molar-refractivity contribution in [2.24, 2.45) is 24.8 Å². The van der Waals surface area contributed by atoms with Crippen LogP contribution in [0.1, 0.15) is 76.7 Å². The summed E-state index contributed by atoms with van der Waals surface area (Å²) in [6, 6.07) is -0.356. The number of carbonyl (C=O) groups excluding carboxylic acids is 2. The third-order valence-corrected chi connectivity index (χ3v) is 8.81. The molecule has 1 atom stereocenters. The number of fused-ring (bicyclic) bond motifs is 1. The van der Waals surface area contributed by atoms with E-state index in [4.69, 9.17) is 0 Å². The Bertz CT molecular complexity index is 1210. The number of hydrogen-bond acceptors (Lipinski definition) is 7. The molecule has 9 nitrogen and oxygen atoms in total. The second-order valence-electron chi connectivity index (χ2n) is 10.1. The van der Waals surface area contributed by atoms with Crippen LogP contribution in [0.5, 0.6) is 0 Å². The highest BCUT2D eigenvalue weighted by atomic mass is 32.1. The molecule has 4 aliphatic rings. The van der Waals surface area contributed by atoms with Crippen molar-refractivity contribution in [1.82, 2.24) is 35.4 Å². The fraction of sp³-hybridized carbons (Fsp3) is 0.565. The third-order valence-electron chi connectivity index (χ3n) is 7.63. The number of aryl methyl sites for hydroxylation is 1. The maximum absolute atomic E-state index is 13.1. The summed E-state index contributed by atoms with van der Waals surface area (Å²) in [6.07, 6.45) is 11.9. The molecule has 4 bridgehead atoms. The van der Waals surface area contributed by atoms with Gasteiger partial charge in [-0.3, -0.25) is 14.3 Å². The average Bonchev–Trinajstić information content (AvgIpc) is 3.40. The van der Waals surface area contributed by atoms with Crippen molar-refractivity contribution in [3.05, 3.63) is 34.3 Å². The third kappa shape index (κ3) is 3.60. The molecule has 4 aliphatic carbocycles. The number of nitrogens with one attached hydrogen (secondary N) is 2. The summed E-state index contributed by atoms with van der Waals surface area (Å²) < 4.78 is 1.60. The van der Waals surface area contributed by atoms with Gasteiger partial charge in [-0.25, -0.2) is 15.0 Å². The SMILES string of the molecule is CC(NC(=O)c1ncnc2c1cnn2C)c1ncc(C(=O)NC23CC4CC(CC(C4)C2)C3)s1. The van der Waals surface area contributed by atoms with Gasteiger partial charge in [0.2, 0.25) is 0 Å². The average molecular weight is 466 g/mol. The van der Waals surface area contributed by atoms with Crippen molar-refractivity contribution in [2.75, 3.05) is 0 Å². The molecule has 1 unspecified atom stereocenters. The molecule has 3 heterocycles. The first-order chi connectivity index (χ1) is 15.9. The Kier molecular flexibility index (Phi) is 4.76. The normalized spacial score (nSPS) is 28.7. The van der Waals surface area contributed by atoms with Crippen molar-refractivity contribution in [3.8, 4) is 0 Å². The van der Waals surface area contributed by atoms with Crippen LogP contribution >= 0.6 is 11.3 Å². The molecule has 7 rings (SSSR count). The van der Waals surface area contributed by atoms with Gasteiger partial charge in [0.25, 0.3) is 11.8 Å². The summed E-state index contributed by atoms with van der Waals surface area (Å²) in [5.74, 6) is 1.97. The molecular weight excluding hydrogens is 438 g/mol. The van der Waals surface area contributed by atoms with Crippen molar-refractivity contribution in [3.63, 3.8) is 0 Å². The Morgan fingerprint density at radius 3 is 2.45 bits per heavy atom. The van der Waals surface area contributed by atoms with Gasteiger partial charge in [0.1, 0.15) is 21.9 Å². The number of amides is 2. The van der Waals surface area contributed by atoms with Crippen LogP contribution in [-0.4, -0.2) is 42.1 Å². The number of aromatic nitrogens is 5. The molecule has 172 valence electrons. The zero-order valence-electron chi connectivity index (χ0n) is 18.7. The Morgan fingerprint density at radius 1 is 1.06 bits per heavy atom. The maximum Gasteiger partial charge on any atom is 0.271 e. The van der Waals surface area contributed by atoms with E-state index < -0.39 is 0 Å². The van der Waals surface area contributed by atoms with Crippen LogP contribution in [0.2, 0.25) is 0 Å². The molecule has 10 heteroatoms. The van der Waals surface area contributed by atoms with Crippen LogP contribution in [0.3, 0.4) is 0 Å². The zero-order chi connectivity index (χ0) is 22.7. The van der Waals surface area contributed by atoms with Crippen LogP contribution in [0.15, 0.2) is 18.7 Å². The molecule has 0 radical (unpaired) electrons. The molecule has 3 aromatic heterocycles. The second-order valence-corrected chi connectivity index (χ2v) is 11.2. The molecule has 4 fully saturated rings. The molecule has 33 heavy (non-hydrogen) atoms. The van der Waals surface area contributed by atoms with Crippen LogP contribution < -0.4 is 10.6 Å².